The fourth-order valence-corrected chi connectivity index (χ4v) is 2.62. The first kappa shape index (κ1) is 15.4. The van der Waals surface area contributed by atoms with Gasteiger partial charge in [0.05, 0.1) is 19.0 Å². The van der Waals surface area contributed by atoms with Crippen LogP contribution in [0.2, 0.25) is 0 Å². The quantitative estimate of drug-likeness (QED) is 0.830. The van der Waals surface area contributed by atoms with Crippen molar-refractivity contribution in [3.05, 3.63) is 42.2 Å². The molecule has 0 saturated heterocycles. The molecule has 6 nitrogen and oxygen atoms in total. The Kier molecular flexibility index (Phi) is 4.22. The summed E-state index contributed by atoms with van der Waals surface area (Å²) in [4.78, 5) is 16.2. The molecular weight excluding hydrogens is 290 g/mol. The van der Waals surface area contributed by atoms with Gasteiger partial charge in [-0.25, -0.2) is 8.42 Å². The zero-order valence-corrected chi connectivity index (χ0v) is 13.1. The molecule has 1 unspecified atom stereocenters. The van der Waals surface area contributed by atoms with Crippen LogP contribution in [0.5, 0.6) is 0 Å². The first-order valence-corrected chi connectivity index (χ1v) is 8.42. The summed E-state index contributed by atoms with van der Waals surface area (Å²) in [7, 11) is -1.34. The standard InChI is InChI=1S/C14H19N3O3S/c1-11-16(2)8-9-17(11)10-14(18)12-4-6-13(7-5-12)15-21(3,19)20/h4-9,11,15H,10H2,1-3H3. The van der Waals surface area contributed by atoms with Crippen molar-refractivity contribution in [3.8, 4) is 0 Å². The molecule has 0 saturated carbocycles. The third-order valence-electron chi connectivity index (χ3n) is 3.40. The fourth-order valence-electron chi connectivity index (χ4n) is 2.05. The van der Waals surface area contributed by atoms with Crippen LogP contribution >= 0.6 is 0 Å². The molecule has 2 rings (SSSR count). The third kappa shape index (κ3) is 3.98. The van der Waals surface area contributed by atoms with Gasteiger partial charge in [0.25, 0.3) is 0 Å². The predicted octanol–water partition coefficient (Wildman–Crippen LogP) is 1.31. The van der Waals surface area contributed by atoms with E-state index < -0.39 is 10.0 Å². The Bertz CT molecular complexity index is 653. The average molecular weight is 309 g/mol. The number of carbonyl (C=O) groups excluding carboxylic acids is 1. The maximum atomic E-state index is 12.2. The summed E-state index contributed by atoms with van der Waals surface area (Å²) in [6, 6.07) is 6.43. The van der Waals surface area contributed by atoms with Crippen LogP contribution in [0, 0.1) is 0 Å². The van der Waals surface area contributed by atoms with Gasteiger partial charge in [0, 0.05) is 30.7 Å². The van der Waals surface area contributed by atoms with Crippen LogP contribution in [0.1, 0.15) is 17.3 Å². The molecule has 1 heterocycles. The minimum Gasteiger partial charge on any atom is -0.359 e. The van der Waals surface area contributed by atoms with Crippen LogP contribution in [-0.2, 0) is 10.0 Å². The smallest absolute Gasteiger partial charge is 0.229 e. The molecule has 0 amide bonds. The van der Waals surface area contributed by atoms with Gasteiger partial charge in [0.15, 0.2) is 5.78 Å². The van der Waals surface area contributed by atoms with Crippen LogP contribution < -0.4 is 4.72 Å². The molecule has 1 aromatic rings. The van der Waals surface area contributed by atoms with Crippen LogP contribution in [-0.4, -0.2) is 50.0 Å². The highest BCUT2D eigenvalue weighted by Gasteiger charge is 2.21. The van der Waals surface area contributed by atoms with Gasteiger partial charge in [0.1, 0.15) is 0 Å². The Morgan fingerprint density at radius 2 is 1.86 bits per heavy atom. The maximum Gasteiger partial charge on any atom is 0.229 e. The van der Waals surface area contributed by atoms with E-state index in [0.29, 0.717) is 17.8 Å². The minimum absolute atomic E-state index is 0.00675. The van der Waals surface area contributed by atoms with Crippen molar-refractivity contribution < 1.29 is 13.2 Å². The van der Waals surface area contributed by atoms with Gasteiger partial charge in [-0.2, -0.15) is 0 Å². The highest BCUT2D eigenvalue weighted by atomic mass is 32.2. The van der Waals surface area contributed by atoms with E-state index in [1.54, 1.807) is 24.3 Å². The van der Waals surface area contributed by atoms with Gasteiger partial charge in [-0.05, 0) is 31.2 Å². The molecule has 1 aliphatic heterocycles. The Balaban J connectivity index is 2.02. The van der Waals surface area contributed by atoms with Gasteiger partial charge in [-0.1, -0.05) is 0 Å². The number of rotatable bonds is 5. The molecule has 0 radical (unpaired) electrons. The van der Waals surface area contributed by atoms with E-state index in [9.17, 15) is 13.2 Å². The summed E-state index contributed by atoms with van der Waals surface area (Å²) < 4.78 is 24.6. The fraction of sp³-hybridized carbons (Fsp3) is 0.357. The van der Waals surface area contributed by atoms with Crippen molar-refractivity contribution in [2.75, 3.05) is 24.6 Å². The number of nitrogens with one attached hydrogen (secondary N) is 1. The monoisotopic (exact) mass is 309 g/mol. The first-order chi connectivity index (χ1) is 9.76. The topological polar surface area (TPSA) is 69.7 Å². The zero-order chi connectivity index (χ0) is 15.6. The number of benzene rings is 1. The highest BCUT2D eigenvalue weighted by molar-refractivity contribution is 7.92. The number of anilines is 1. The number of Topliss-reactive ketones (excluding diaryl/α,β-unsaturated/α-hetero) is 1. The van der Waals surface area contributed by atoms with E-state index in [0.717, 1.165) is 6.26 Å². The van der Waals surface area contributed by atoms with Gasteiger partial charge in [-0.15, -0.1) is 0 Å². The van der Waals surface area contributed by atoms with E-state index in [4.69, 9.17) is 0 Å². The molecule has 0 bridgehead atoms. The van der Waals surface area contributed by atoms with E-state index >= 15 is 0 Å². The summed E-state index contributed by atoms with van der Waals surface area (Å²) in [5.41, 5.74) is 1.01. The summed E-state index contributed by atoms with van der Waals surface area (Å²) in [6.07, 6.45) is 5.06. The van der Waals surface area contributed by atoms with Gasteiger partial charge in [-0.3, -0.25) is 9.52 Å². The average Bonchev–Trinajstić information content (AvgIpc) is 2.69. The summed E-state index contributed by atoms with van der Waals surface area (Å²) >= 11 is 0. The first-order valence-electron chi connectivity index (χ1n) is 6.53. The van der Waals surface area contributed by atoms with Crippen LogP contribution in [0.15, 0.2) is 36.7 Å². The molecule has 0 fully saturated rings. The molecule has 0 aliphatic carbocycles. The van der Waals surface area contributed by atoms with E-state index in [-0.39, 0.29) is 11.9 Å². The number of nitrogens with zero attached hydrogens (tertiary/aromatic N) is 2. The molecule has 1 atom stereocenters. The second-order valence-corrected chi connectivity index (χ2v) is 6.89. The predicted molar refractivity (Wildman–Crippen MR) is 82.3 cm³/mol. The second-order valence-electron chi connectivity index (χ2n) is 5.14. The maximum absolute atomic E-state index is 12.2. The lowest BCUT2D eigenvalue weighted by Crippen LogP contribution is -2.36. The van der Waals surface area contributed by atoms with E-state index in [1.807, 2.05) is 36.2 Å². The van der Waals surface area contributed by atoms with Crippen LogP contribution in [0.3, 0.4) is 0 Å². The Labute approximate surface area is 125 Å². The summed E-state index contributed by atoms with van der Waals surface area (Å²) in [6.45, 7) is 2.31. The van der Waals surface area contributed by atoms with Crippen molar-refractivity contribution in [3.63, 3.8) is 0 Å². The molecule has 1 N–H and O–H groups in total. The van der Waals surface area contributed by atoms with Crippen LogP contribution in [0.4, 0.5) is 5.69 Å². The van der Waals surface area contributed by atoms with Crippen molar-refractivity contribution >= 4 is 21.5 Å². The van der Waals surface area contributed by atoms with Crippen molar-refractivity contribution in [2.24, 2.45) is 0 Å². The SMILES string of the molecule is CC1N(C)C=CN1CC(=O)c1ccc(NS(C)(=O)=O)cc1. The Morgan fingerprint density at radius 1 is 1.24 bits per heavy atom. The van der Waals surface area contributed by atoms with Gasteiger partial charge < -0.3 is 9.80 Å². The number of ketones is 1. The molecule has 1 aromatic carbocycles. The molecule has 1 aliphatic rings. The largest absolute Gasteiger partial charge is 0.359 e. The summed E-state index contributed by atoms with van der Waals surface area (Å²) in [5.74, 6) is -0.00675. The van der Waals surface area contributed by atoms with Crippen molar-refractivity contribution in [2.45, 2.75) is 13.1 Å². The Hall–Kier alpha value is -2.02. The molecule has 0 spiro atoms. The lowest BCUT2D eigenvalue weighted by molar-refractivity contribution is 0.0912. The molecular formula is C14H19N3O3S. The zero-order valence-electron chi connectivity index (χ0n) is 12.3. The number of hydrogen-bond donors (Lipinski definition) is 1. The molecule has 21 heavy (non-hydrogen) atoms. The lowest BCUT2D eigenvalue weighted by Gasteiger charge is -2.26. The summed E-state index contributed by atoms with van der Waals surface area (Å²) in [5, 5.41) is 0. The Morgan fingerprint density at radius 3 is 2.33 bits per heavy atom. The lowest BCUT2D eigenvalue weighted by atomic mass is 10.1. The number of carbonyl (C=O) groups is 1. The molecule has 7 heteroatoms. The van der Waals surface area contributed by atoms with Crippen molar-refractivity contribution in [1.29, 1.82) is 0 Å². The second kappa shape index (κ2) is 5.77. The van der Waals surface area contributed by atoms with Crippen LogP contribution in [0.25, 0.3) is 0 Å². The molecule has 0 aromatic heterocycles. The number of hydrogen-bond acceptors (Lipinski definition) is 5. The van der Waals surface area contributed by atoms with E-state index in [1.165, 1.54) is 0 Å². The normalized spacial score (nSPS) is 18.1. The van der Waals surface area contributed by atoms with Gasteiger partial charge >= 0.3 is 0 Å². The third-order valence-corrected chi connectivity index (χ3v) is 4.01. The minimum atomic E-state index is -3.30. The number of sulfonamides is 1. The van der Waals surface area contributed by atoms with Gasteiger partial charge in [0.2, 0.25) is 10.0 Å². The van der Waals surface area contributed by atoms with Crippen molar-refractivity contribution in [1.82, 2.24) is 9.80 Å². The highest BCUT2D eigenvalue weighted by Crippen LogP contribution is 2.15. The van der Waals surface area contributed by atoms with E-state index in [2.05, 4.69) is 4.72 Å². The molecule has 114 valence electrons.